The van der Waals surface area contributed by atoms with E-state index in [-0.39, 0.29) is 11.8 Å². The molecule has 25 heavy (non-hydrogen) atoms. The quantitative estimate of drug-likeness (QED) is 0.684. The first kappa shape index (κ1) is 15.9. The summed E-state index contributed by atoms with van der Waals surface area (Å²) in [6, 6.07) is 13.0. The highest BCUT2D eigenvalue weighted by Gasteiger charge is 2.51. The van der Waals surface area contributed by atoms with Gasteiger partial charge >= 0.3 is 0 Å². The van der Waals surface area contributed by atoms with E-state index in [2.05, 4.69) is 69.3 Å². The standard InChI is InChI=1S/C19H20BrN3OS/c1-22-10-8-19(9-11-22)23-15(13-4-2-3-5-16(13)24-19)12-14(21-23)17-6-7-18(20)25-17/h2-7,15H,8-12H2,1H3/t15-/m1/s1. The largest absolute Gasteiger partial charge is 0.466 e. The number of likely N-dealkylation sites (tertiary alicyclic amines) is 1. The third kappa shape index (κ3) is 2.54. The van der Waals surface area contributed by atoms with Crippen LogP contribution in [-0.2, 0) is 0 Å². The van der Waals surface area contributed by atoms with Crippen molar-refractivity contribution in [3.8, 4) is 5.75 Å². The minimum absolute atomic E-state index is 0.282. The van der Waals surface area contributed by atoms with Gasteiger partial charge in [-0.2, -0.15) is 5.10 Å². The fourth-order valence-electron chi connectivity index (χ4n) is 4.15. The molecule has 0 radical (unpaired) electrons. The number of fused-ring (bicyclic) bond motifs is 4. The van der Waals surface area contributed by atoms with Gasteiger partial charge in [-0.25, -0.2) is 5.01 Å². The molecule has 4 heterocycles. The normalized spacial score (nSPS) is 24.6. The topological polar surface area (TPSA) is 28.1 Å². The Morgan fingerprint density at radius 3 is 2.76 bits per heavy atom. The Bertz CT molecular complexity index is 841. The molecular weight excluding hydrogens is 398 g/mol. The third-order valence-corrected chi connectivity index (χ3v) is 7.20. The van der Waals surface area contributed by atoms with Crippen molar-refractivity contribution >= 4 is 33.0 Å². The van der Waals surface area contributed by atoms with Gasteiger partial charge in [0.2, 0.25) is 5.72 Å². The maximum Gasteiger partial charge on any atom is 0.200 e. The molecule has 0 N–H and O–H groups in total. The molecule has 5 rings (SSSR count). The molecular formula is C19H20BrN3OS. The number of halogens is 1. The lowest BCUT2D eigenvalue weighted by Crippen LogP contribution is -2.58. The average Bonchev–Trinajstić information content (AvgIpc) is 3.25. The predicted molar refractivity (Wildman–Crippen MR) is 104 cm³/mol. The minimum Gasteiger partial charge on any atom is -0.466 e. The highest BCUT2D eigenvalue weighted by molar-refractivity contribution is 9.11. The van der Waals surface area contributed by atoms with E-state index in [0.29, 0.717) is 0 Å². The molecule has 1 fully saturated rings. The maximum atomic E-state index is 6.60. The number of benzene rings is 1. The molecule has 1 aromatic carbocycles. The summed E-state index contributed by atoms with van der Waals surface area (Å²) < 4.78 is 7.75. The number of hydrogen-bond donors (Lipinski definition) is 0. The number of hydrazone groups is 1. The number of nitrogens with zero attached hydrogens (tertiary/aromatic N) is 3. The van der Waals surface area contributed by atoms with Gasteiger partial charge in [0.05, 0.1) is 20.4 Å². The van der Waals surface area contributed by atoms with Crippen LogP contribution in [0.25, 0.3) is 0 Å². The van der Waals surface area contributed by atoms with Crippen LogP contribution in [0.3, 0.4) is 0 Å². The second-order valence-electron chi connectivity index (χ2n) is 7.10. The fourth-order valence-corrected chi connectivity index (χ4v) is 5.53. The Morgan fingerprint density at radius 1 is 1.20 bits per heavy atom. The molecule has 0 unspecified atom stereocenters. The number of para-hydroxylation sites is 1. The number of thiophene rings is 1. The van der Waals surface area contributed by atoms with Crippen LogP contribution < -0.4 is 4.74 Å². The molecule has 6 heteroatoms. The summed E-state index contributed by atoms with van der Waals surface area (Å²) in [5.74, 6) is 1.04. The molecule has 2 aromatic rings. The molecule has 3 aliphatic heterocycles. The number of ether oxygens (including phenoxy) is 1. The van der Waals surface area contributed by atoms with Crippen molar-refractivity contribution in [1.82, 2.24) is 9.91 Å². The Balaban J connectivity index is 1.58. The van der Waals surface area contributed by atoms with Crippen LogP contribution >= 0.6 is 27.3 Å². The van der Waals surface area contributed by atoms with E-state index < -0.39 is 0 Å². The van der Waals surface area contributed by atoms with Crippen LogP contribution in [0.4, 0.5) is 0 Å². The summed E-state index contributed by atoms with van der Waals surface area (Å²) in [6.07, 6.45) is 2.92. The molecule has 1 spiro atoms. The van der Waals surface area contributed by atoms with Crippen molar-refractivity contribution in [2.24, 2.45) is 5.10 Å². The van der Waals surface area contributed by atoms with Crippen molar-refractivity contribution < 1.29 is 4.74 Å². The van der Waals surface area contributed by atoms with Gasteiger partial charge in [0.15, 0.2) is 0 Å². The van der Waals surface area contributed by atoms with E-state index in [1.807, 2.05) is 0 Å². The highest BCUT2D eigenvalue weighted by atomic mass is 79.9. The Kier molecular flexibility index (Phi) is 3.69. The van der Waals surface area contributed by atoms with Gasteiger partial charge in [-0.1, -0.05) is 18.2 Å². The van der Waals surface area contributed by atoms with Gasteiger partial charge in [0.1, 0.15) is 5.75 Å². The first-order chi connectivity index (χ1) is 12.1. The molecule has 0 amide bonds. The van der Waals surface area contributed by atoms with E-state index in [1.54, 1.807) is 11.3 Å². The average molecular weight is 418 g/mol. The van der Waals surface area contributed by atoms with E-state index in [4.69, 9.17) is 9.84 Å². The third-order valence-electron chi connectivity index (χ3n) is 5.53. The second kappa shape index (κ2) is 5.83. The lowest BCUT2D eigenvalue weighted by Gasteiger charge is -2.50. The molecule has 1 atom stereocenters. The Hall–Kier alpha value is -1.37. The molecule has 0 saturated carbocycles. The second-order valence-corrected chi connectivity index (χ2v) is 9.57. The van der Waals surface area contributed by atoms with Crippen LogP contribution in [-0.4, -0.2) is 41.5 Å². The van der Waals surface area contributed by atoms with Crippen molar-refractivity contribution in [2.75, 3.05) is 20.1 Å². The highest BCUT2D eigenvalue weighted by Crippen LogP contribution is 2.50. The van der Waals surface area contributed by atoms with E-state index in [9.17, 15) is 0 Å². The summed E-state index contributed by atoms with van der Waals surface area (Å²) in [7, 11) is 2.18. The van der Waals surface area contributed by atoms with Gasteiger partial charge in [-0.3, -0.25) is 0 Å². The zero-order valence-corrected chi connectivity index (χ0v) is 16.5. The van der Waals surface area contributed by atoms with Crippen molar-refractivity contribution in [1.29, 1.82) is 0 Å². The molecule has 130 valence electrons. The first-order valence-corrected chi connectivity index (χ1v) is 10.3. The van der Waals surface area contributed by atoms with Gasteiger partial charge in [0, 0.05) is 37.9 Å². The summed E-state index contributed by atoms with van der Waals surface area (Å²) >= 11 is 5.34. The molecule has 0 bridgehead atoms. The molecule has 3 aliphatic rings. The van der Waals surface area contributed by atoms with Crippen molar-refractivity contribution in [3.63, 3.8) is 0 Å². The zero-order valence-electron chi connectivity index (χ0n) is 14.1. The molecule has 4 nitrogen and oxygen atoms in total. The Morgan fingerprint density at radius 2 is 2.00 bits per heavy atom. The Labute approximate surface area is 160 Å². The van der Waals surface area contributed by atoms with Gasteiger partial charge < -0.3 is 9.64 Å². The van der Waals surface area contributed by atoms with E-state index >= 15 is 0 Å². The van der Waals surface area contributed by atoms with Crippen LogP contribution in [0.2, 0.25) is 0 Å². The summed E-state index contributed by atoms with van der Waals surface area (Å²) in [4.78, 5) is 3.63. The molecule has 1 aromatic heterocycles. The van der Waals surface area contributed by atoms with Crippen molar-refractivity contribution in [2.45, 2.75) is 31.0 Å². The van der Waals surface area contributed by atoms with Crippen LogP contribution in [0, 0.1) is 0 Å². The number of piperidine rings is 1. The van der Waals surface area contributed by atoms with Gasteiger partial charge in [-0.05, 0) is 41.2 Å². The van der Waals surface area contributed by atoms with Gasteiger partial charge in [-0.15, -0.1) is 11.3 Å². The summed E-state index contributed by atoms with van der Waals surface area (Å²) in [5, 5.41) is 7.37. The summed E-state index contributed by atoms with van der Waals surface area (Å²) in [6.45, 7) is 2.08. The van der Waals surface area contributed by atoms with Crippen LogP contribution in [0.15, 0.2) is 45.3 Å². The fraction of sp³-hybridized carbons (Fsp3) is 0.421. The summed E-state index contributed by atoms with van der Waals surface area (Å²) in [5.41, 5.74) is 2.14. The van der Waals surface area contributed by atoms with Crippen LogP contribution in [0.1, 0.15) is 35.7 Å². The molecule has 1 saturated heterocycles. The molecule has 0 aliphatic carbocycles. The predicted octanol–water partition coefficient (Wildman–Crippen LogP) is 4.48. The van der Waals surface area contributed by atoms with Gasteiger partial charge in [0.25, 0.3) is 0 Å². The van der Waals surface area contributed by atoms with Crippen molar-refractivity contribution in [3.05, 3.63) is 50.6 Å². The maximum absolute atomic E-state index is 6.60. The smallest absolute Gasteiger partial charge is 0.200 e. The number of rotatable bonds is 1. The SMILES string of the molecule is CN1CCC2(CC1)Oc1ccccc1[C@H]1CC(c3ccc(Br)s3)=NN12. The first-order valence-electron chi connectivity index (χ1n) is 8.74. The van der Waals surface area contributed by atoms with Crippen LogP contribution in [0.5, 0.6) is 5.75 Å². The zero-order chi connectivity index (χ0) is 17.0. The monoisotopic (exact) mass is 417 g/mol. The van der Waals surface area contributed by atoms with E-state index in [1.165, 1.54) is 16.2 Å². The lowest BCUT2D eigenvalue weighted by atomic mass is 9.91. The number of hydrogen-bond acceptors (Lipinski definition) is 5. The van der Waals surface area contributed by atoms with E-state index in [0.717, 1.165) is 41.9 Å². The lowest BCUT2D eigenvalue weighted by molar-refractivity contribution is -0.147. The minimum atomic E-state index is -0.304.